The van der Waals surface area contributed by atoms with Crippen molar-refractivity contribution in [1.82, 2.24) is 4.90 Å². The number of ether oxygens (including phenoxy) is 2. The van der Waals surface area contributed by atoms with Crippen LogP contribution in [0.4, 0.5) is 0 Å². The van der Waals surface area contributed by atoms with Gasteiger partial charge in [0, 0.05) is 18.7 Å². The predicted molar refractivity (Wildman–Crippen MR) is 98.0 cm³/mol. The third-order valence-electron chi connectivity index (χ3n) is 4.64. The molecular formula is C20H33NO3. The number of aliphatic hydroxyl groups excluding tert-OH is 1. The Hall–Kier alpha value is -1.26. The number of benzene rings is 1. The maximum atomic E-state index is 10.4. The Morgan fingerprint density at radius 2 is 2.08 bits per heavy atom. The molecule has 2 atom stereocenters. The van der Waals surface area contributed by atoms with Crippen LogP contribution >= 0.6 is 0 Å². The van der Waals surface area contributed by atoms with Gasteiger partial charge in [-0.2, -0.15) is 0 Å². The molecule has 1 aliphatic rings. The molecule has 2 rings (SSSR count). The average Bonchev–Trinajstić information content (AvgIpc) is 2.52. The molecule has 1 heterocycles. The molecule has 1 saturated heterocycles. The highest BCUT2D eigenvalue weighted by atomic mass is 16.5. The zero-order valence-electron chi connectivity index (χ0n) is 15.8. The van der Waals surface area contributed by atoms with Crippen LogP contribution in [-0.2, 0) is 5.41 Å². The third-order valence-corrected chi connectivity index (χ3v) is 4.64. The molecule has 0 saturated carbocycles. The van der Waals surface area contributed by atoms with Crippen LogP contribution in [0.2, 0.25) is 0 Å². The van der Waals surface area contributed by atoms with Gasteiger partial charge in [0.15, 0.2) is 0 Å². The fourth-order valence-electron chi connectivity index (χ4n) is 3.34. The number of hydrogen-bond acceptors (Lipinski definition) is 4. The number of rotatable bonds is 6. The van der Waals surface area contributed by atoms with Gasteiger partial charge in [-0.3, -0.25) is 0 Å². The number of likely N-dealkylation sites (tertiary alicyclic amines) is 1. The van der Waals surface area contributed by atoms with E-state index in [4.69, 9.17) is 9.47 Å². The standard InChI is InChI=1S/C20H33NO3/c1-15-7-6-10-21(12-15)13-16(22)14-24-19-9-8-17(23-5)11-18(19)20(2,3)4/h8-9,11,15-16,22H,6-7,10,12-14H2,1-5H3. The minimum atomic E-state index is -0.467. The van der Waals surface area contributed by atoms with E-state index in [2.05, 4.69) is 32.6 Å². The predicted octanol–water partition coefficient (Wildman–Crippen LogP) is 3.46. The van der Waals surface area contributed by atoms with E-state index >= 15 is 0 Å². The van der Waals surface area contributed by atoms with Crippen molar-refractivity contribution in [2.45, 2.75) is 52.1 Å². The SMILES string of the molecule is COc1ccc(OCC(O)CN2CCCC(C)C2)c(C(C)(C)C)c1. The van der Waals surface area contributed by atoms with Gasteiger partial charge in [0.2, 0.25) is 0 Å². The van der Waals surface area contributed by atoms with Crippen LogP contribution in [0.3, 0.4) is 0 Å². The highest BCUT2D eigenvalue weighted by Gasteiger charge is 2.22. The summed E-state index contributed by atoms with van der Waals surface area (Å²) < 4.78 is 11.3. The topological polar surface area (TPSA) is 41.9 Å². The van der Waals surface area contributed by atoms with Gasteiger partial charge in [0.1, 0.15) is 24.2 Å². The van der Waals surface area contributed by atoms with Gasteiger partial charge in [-0.1, -0.05) is 27.7 Å². The second-order valence-corrected chi connectivity index (χ2v) is 8.08. The first kappa shape index (κ1) is 19.1. The Balaban J connectivity index is 1.95. The summed E-state index contributed by atoms with van der Waals surface area (Å²) in [6.45, 7) is 11.9. The minimum absolute atomic E-state index is 0.0445. The largest absolute Gasteiger partial charge is 0.497 e. The summed E-state index contributed by atoms with van der Waals surface area (Å²) in [6.07, 6.45) is 2.05. The van der Waals surface area contributed by atoms with E-state index < -0.39 is 6.10 Å². The average molecular weight is 335 g/mol. The maximum absolute atomic E-state index is 10.4. The molecule has 136 valence electrons. The van der Waals surface area contributed by atoms with Crippen molar-refractivity contribution in [2.24, 2.45) is 5.92 Å². The van der Waals surface area contributed by atoms with Gasteiger partial charge in [-0.25, -0.2) is 0 Å². The summed E-state index contributed by atoms with van der Waals surface area (Å²) in [7, 11) is 1.67. The molecule has 2 unspecified atom stereocenters. The maximum Gasteiger partial charge on any atom is 0.123 e. The fraction of sp³-hybridized carbons (Fsp3) is 0.700. The minimum Gasteiger partial charge on any atom is -0.497 e. The van der Waals surface area contributed by atoms with Crippen molar-refractivity contribution in [3.8, 4) is 11.5 Å². The van der Waals surface area contributed by atoms with Crippen LogP contribution in [0.1, 0.15) is 46.1 Å². The molecule has 1 aromatic rings. The molecule has 1 aromatic carbocycles. The smallest absolute Gasteiger partial charge is 0.123 e. The van der Waals surface area contributed by atoms with E-state index in [0.29, 0.717) is 13.2 Å². The summed E-state index contributed by atoms with van der Waals surface area (Å²) in [6, 6.07) is 5.87. The second-order valence-electron chi connectivity index (χ2n) is 8.08. The number of nitrogens with zero attached hydrogens (tertiary/aromatic N) is 1. The van der Waals surface area contributed by atoms with E-state index in [1.54, 1.807) is 7.11 Å². The Morgan fingerprint density at radius 1 is 1.33 bits per heavy atom. The highest BCUT2D eigenvalue weighted by molar-refractivity contribution is 5.44. The lowest BCUT2D eigenvalue weighted by Crippen LogP contribution is -2.41. The molecule has 4 nitrogen and oxygen atoms in total. The molecule has 0 aliphatic carbocycles. The number of aliphatic hydroxyl groups is 1. The molecule has 1 fully saturated rings. The molecule has 0 bridgehead atoms. The Kier molecular flexibility index (Phi) is 6.53. The Morgan fingerprint density at radius 3 is 2.71 bits per heavy atom. The van der Waals surface area contributed by atoms with Crippen molar-refractivity contribution in [2.75, 3.05) is 33.4 Å². The van der Waals surface area contributed by atoms with E-state index in [1.807, 2.05) is 18.2 Å². The molecule has 0 aromatic heterocycles. The van der Waals surface area contributed by atoms with Crippen molar-refractivity contribution in [3.05, 3.63) is 23.8 Å². The van der Waals surface area contributed by atoms with Crippen molar-refractivity contribution >= 4 is 0 Å². The van der Waals surface area contributed by atoms with Crippen LogP contribution < -0.4 is 9.47 Å². The van der Waals surface area contributed by atoms with Gasteiger partial charge in [0.25, 0.3) is 0 Å². The second kappa shape index (κ2) is 8.21. The van der Waals surface area contributed by atoms with E-state index in [1.165, 1.54) is 12.8 Å². The monoisotopic (exact) mass is 335 g/mol. The molecule has 4 heteroatoms. The Bertz CT molecular complexity index is 524. The summed E-state index contributed by atoms with van der Waals surface area (Å²) >= 11 is 0. The molecule has 24 heavy (non-hydrogen) atoms. The van der Waals surface area contributed by atoms with Crippen LogP contribution in [0, 0.1) is 5.92 Å². The first-order valence-electron chi connectivity index (χ1n) is 9.01. The number of hydrogen-bond donors (Lipinski definition) is 1. The van der Waals surface area contributed by atoms with E-state index in [9.17, 15) is 5.11 Å². The van der Waals surface area contributed by atoms with Gasteiger partial charge in [0.05, 0.1) is 7.11 Å². The summed E-state index contributed by atoms with van der Waals surface area (Å²) in [4.78, 5) is 2.35. The summed E-state index contributed by atoms with van der Waals surface area (Å²) in [5.74, 6) is 2.38. The quantitative estimate of drug-likeness (QED) is 0.864. The molecular weight excluding hydrogens is 302 g/mol. The number of methoxy groups -OCH3 is 1. The lowest BCUT2D eigenvalue weighted by molar-refractivity contribution is 0.0532. The molecule has 1 N–H and O–H groups in total. The van der Waals surface area contributed by atoms with Crippen LogP contribution in [0.15, 0.2) is 18.2 Å². The zero-order chi connectivity index (χ0) is 17.7. The van der Waals surface area contributed by atoms with Crippen molar-refractivity contribution < 1.29 is 14.6 Å². The molecule has 0 radical (unpaired) electrons. The number of β-amino-alcohol motifs (C(OH)–C–C–N with tert-alkyl or cyclic N) is 1. The van der Waals surface area contributed by atoms with Crippen molar-refractivity contribution in [3.63, 3.8) is 0 Å². The molecule has 0 amide bonds. The van der Waals surface area contributed by atoms with Crippen molar-refractivity contribution in [1.29, 1.82) is 0 Å². The van der Waals surface area contributed by atoms with Crippen LogP contribution in [0.5, 0.6) is 11.5 Å². The van der Waals surface area contributed by atoms with Crippen LogP contribution in [0.25, 0.3) is 0 Å². The Labute approximate surface area is 146 Å². The van der Waals surface area contributed by atoms with Gasteiger partial charge in [-0.05, 0) is 48.9 Å². The lowest BCUT2D eigenvalue weighted by atomic mass is 9.86. The van der Waals surface area contributed by atoms with Gasteiger partial charge >= 0.3 is 0 Å². The van der Waals surface area contributed by atoms with E-state index in [-0.39, 0.29) is 5.41 Å². The van der Waals surface area contributed by atoms with Gasteiger partial charge < -0.3 is 19.5 Å². The zero-order valence-corrected chi connectivity index (χ0v) is 15.8. The first-order valence-corrected chi connectivity index (χ1v) is 9.01. The lowest BCUT2D eigenvalue weighted by Gasteiger charge is -2.32. The van der Waals surface area contributed by atoms with Gasteiger partial charge in [-0.15, -0.1) is 0 Å². The normalized spacial score (nSPS) is 20.7. The number of piperidine rings is 1. The third kappa shape index (κ3) is 5.38. The first-order chi connectivity index (χ1) is 11.3. The molecule has 0 spiro atoms. The molecule has 1 aliphatic heterocycles. The summed E-state index contributed by atoms with van der Waals surface area (Å²) in [5, 5.41) is 10.4. The fourth-order valence-corrected chi connectivity index (χ4v) is 3.34. The summed E-state index contributed by atoms with van der Waals surface area (Å²) in [5.41, 5.74) is 1.05. The highest BCUT2D eigenvalue weighted by Crippen LogP contribution is 2.34. The van der Waals surface area contributed by atoms with Crippen LogP contribution in [-0.4, -0.2) is 49.5 Å². The van der Waals surface area contributed by atoms with E-state index in [0.717, 1.165) is 36.1 Å².